The van der Waals surface area contributed by atoms with E-state index in [2.05, 4.69) is 71.7 Å². The molecule has 21 heavy (non-hydrogen) atoms. The fourth-order valence-electron chi connectivity index (χ4n) is 3.19. The second-order valence-corrected chi connectivity index (χ2v) is 6.77. The van der Waals surface area contributed by atoms with Crippen LogP contribution in [0.25, 0.3) is 0 Å². The molecule has 0 aliphatic heterocycles. The Morgan fingerprint density at radius 3 is 2.29 bits per heavy atom. The Balaban J connectivity index is 2.78. The lowest BCUT2D eigenvalue weighted by Crippen LogP contribution is -2.39. The van der Waals surface area contributed by atoms with E-state index in [0.717, 1.165) is 30.7 Å². The second kappa shape index (κ2) is 9.58. The van der Waals surface area contributed by atoms with Crippen LogP contribution < -0.4 is 0 Å². The number of alkyl halides is 1. The smallest absolute Gasteiger partial charge is 0.0547 e. The van der Waals surface area contributed by atoms with Gasteiger partial charge in [-0.2, -0.15) is 0 Å². The van der Waals surface area contributed by atoms with Crippen molar-refractivity contribution in [3.63, 3.8) is 0 Å². The molecule has 0 atom stereocenters. The predicted molar refractivity (Wildman–Crippen MR) is 96.0 cm³/mol. The Bertz CT molecular complexity index is 400. The van der Waals surface area contributed by atoms with Gasteiger partial charge in [-0.3, -0.25) is 9.88 Å². The van der Waals surface area contributed by atoms with E-state index in [1.165, 1.54) is 31.4 Å². The molecular formula is C18H31BrN2. The Kier molecular flexibility index (Phi) is 8.50. The predicted octanol–water partition coefficient (Wildman–Crippen LogP) is 5.19. The summed E-state index contributed by atoms with van der Waals surface area (Å²) >= 11 is 3.79. The quantitative estimate of drug-likeness (QED) is 0.537. The van der Waals surface area contributed by atoms with Gasteiger partial charge in [0.2, 0.25) is 0 Å². The van der Waals surface area contributed by atoms with Crippen LogP contribution in [0.5, 0.6) is 0 Å². The molecule has 1 aromatic rings. The van der Waals surface area contributed by atoms with Gasteiger partial charge in [0.05, 0.1) is 5.69 Å². The maximum absolute atomic E-state index is 4.66. The molecule has 0 unspecified atom stereocenters. The van der Waals surface area contributed by atoms with E-state index in [0.29, 0.717) is 5.41 Å². The first-order valence-corrected chi connectivity index (χ1v) is 9.42. The molecular weight excluding hydrogens is 324 g/mol. The summed E-state index contributed by atoms with van der Waals surface area (Å²) in [5.74, 6) is 0. The number of aryl methyl sites for hydroxylation is 1. The zero-order valence-corrected chi connectivity index (χ0v) is 15.7. The first-order valence-electron chi connectivity index (χ1n) is 8.30. The number of pyridine rings is 1. The third-order valence-corrected chi connectivity index (χ3v) is 5.37. The van der Waals surface area contributed by atoms with Crippen LogP contribution in [0.3, 0.4) is 0 Å². The zero-order valence-electron chi connectivity index (χ0n) is 14.2. The highest BCUT2D eigenvalue weighted by atomic mass is 79.9. The number of nitrogens with zero attached hydrogens (tertiary/aromatic N) is 2. The summed E-state index contributed by atoms with van der Waals surface area (Å²) in [7, 11) is 0. The summed E-state index contributed by atoms with van der Waals surface area (Å²) in [6.45, 7) is 12.1. The van der Waals surface area contributed by atoms with Crippen LogP contribution in [0.4, 0.5) is 0 Å². The fraction of sp³-hybridized carbons (Fsp3) is 0.722. The first kappa shape index (κ1) is 18.6. The number of hydrogen-bond acceptors (Lipinski definition) is 2. The Morgan fingerprint density at radius 2 is 1.81 bits per heavy atom. The van der Waals surface area contributed by atoms with E-state index in [1.807, 2.05) is 0 Å². The Labute approximate surface area is 139 Å². The molecule has 0 fully saturated rings. The Morgan fingerprint density at radius 1 is 1.14 bits per heavy atom. The number of halogens is 1. The highest BCUT2D eigenvalue weighted by molar-refractivity contribution is 9.09. The van der Waals surface area contributed by atoms with E-state index < -0.39 is 0 Å². The highest BCUT2D eigenvalue weighted by Crippen LogP contribution is 2.33. The average molecular weight is 355 g/mol. The first-order chi connectivity index (χ1) is 10.1. The number of hydrogen-bond donors (Lipinski definition) is 0. The molecule has 0 aliphatic carbocycles. The van der Waals surface area contributed by atoms with Crippen LogP contribution in [0, 0.1) is 12.3 Å². The van der Waals surface area contributed by atoms with E-state index in [9.17, 15) is 0 Å². The normalized spacial score (nSPS) is 12.1. The SMILES string of the molecule is CCCC(CBr)(CCC)CN(CC)Cc1cccc(C)n1. The lowest BCUT2D eigenvalue weighted by Gasteiger charge is -2.37. The summed E-state index contributed by atoms with van der Waals surface area (Å²) in [6, 6.07) is 6.32. The monoisotopic (exact) mass is 354 g/mol. The molecule has 1 rings (SSSR count). The van der Waals surface area contributed by atoms with Gasteiger partial charge in [-0.15, -0.1) is 0 Å². The molecule has 3 heteroatoms. The summed E-state index contributed by atoms with van der Waals surface area (Å²) in [5.41, 5.74) is 2.70. The van der Waals surface area contributed by atoms with Crippen LogP contribution in [0.2, 0.25) is 0 Å². The summed E-state index contributed by atoms with van der Waals surface area (Å²) < 4.78 is 0. The molecule has 2 nitrogen and oxygen atoms in total. The molecule has 0 radical (unpaired) electrons. The van der Waals surface area contributed by atoms with Gasteiger partial charge in [-0.05, 0) is 43.9 Å². The summed E-state index contributed by atoms with van der Waals surface area (Å²) in [4.78, 5) is 7.21. The molecule has 0 saturated carbocycles. The molecule has 0 aromatic carbocycles. The minimum atomic E-state index is 0.406. The fourth-order valence-corrected chi connectivity index (χ4v) is 3.93. The van der Waals surface area contributed by atoms with Gasteiger partial charge in [0.1, 0.15) is 0 Å². The van der Waals surface area contributed by atoms with Crippen molar-refractivity contribution in [1.29, 1.82) is 0 Å². The average Bonchev–Trinajstić information content (AvgIpc) is 2.47. The van der Waals surface area contributed by atoms with Gasteiger partial charge in [0, 0.05) is 24.1 Å². The summed E-state index contributed by atoms with van der Waals surface area (Å²) in [5, 5.41) is 1.10. The lowest BCUT2D eigenvalue weighted by atomic mass is 9.80. The van der Waals surface area contributed by atoms with E-state index in [4.69, 9.17) is 0 Å². The largest absolute Gasteiger partial charge is 0.297 e. The van der Waals surface area contributed by atoms with Crippen molar-refractivity contribution < 1.29 is 0 Å². The zero-order chi connectivity index (χ0) is 15.7. The molecule has 120 valence electrons. The standard InChI is InChI=1S/C18H31BrN2/c1-5-11-18(14-19,12-6-2)15-21(7-3)13-17-10-8-9-16(4)20-17/h8-10H,5-7,11-15H2,1-4H3. The van der Waals surface area contributed by atoms with Crippen molar-refractivity contribution in [2.45, 2.75) is 59.9 Å². The van der Waals surface area contributed by atoms with Crippen LogP contribution in [-0.2, 0) is 6.54 Å². The Hall–Kier alpha value is -0.410. The topological polar surface area (TPSA) is 16.1 Å². The van der Waals surface area contributed by atoms with Crippen molar-refractivity contribution in [2.75, 3.05) is 18.4 Å². The minimum absolute atomic E-state index is 0.406. The van der Waals surface area contributed by atoms with Gasteiger partial charge in [0.25, 0.3) is 0 Å². The van der Waals surface area contributed by atoms with E-state index in [1.54, 1.807) is 0 Å². The van der Waals surface area contributed by atoms with Crippen molar-refractivity contribution in [1.82, 2.24) is 9.88 Å². The minimum Gasteiger partial charge on any atom is -0.297 e. The molecule has 0 aliphatic rings. The van der Waals surface area contributed by atoms with Gasteiger partial charge in [0.15, 0.2) is 0 Å². The molecule has 0 N–H and O–H groups in total. The molecule has 0 spiro atoms. The van der Waals surface area contributed by atoms with Gasteiger partial charge < -0.3 is 0 Å². The van der Waals surface area contributed by atoms with Crippen LogP contribution in [0.1, 0.15) is 57.8 Å². The van der Waals surface area contributed by atoms with Crippen molar-refractivity contribution >= 4 is 15.9 Å². The third kappa shape index (κ3) is 6.07. The van der Waals surface area contributed by atoms with Crippen LogP contribution >= 0.6 is 15.9 Å². The molecule has 0 bridgehead atoms. The highest BCUT2D eigenvalue weighted by Gasteiger charge is 2.29. The van der Waals surface area contributed by atoms with E-state index >= 15 is 0 Å². The molecule has 1 aromatic heterocycles. The van der Waals surface area contributed by atoms with E-state index in [-0.39, 0.29) is 0 Å². The molecule has 0 amide bonds. The molecule has 0 saturated heterocycles. The third-order valence-electron chi connectivity index (χ3n) is 4.18. The van der Waals surface area contributed by atoms with Gasteiger partial charge in [-0.1, -0.05) is 55.6 Å². The van der Waals surface area contributed by atoms with Gasteiger partial charge in [-0.25, -0.2) is 0 Å². The summed E-state index contributed by atoms with van der Waals surface area (Å²) in [6.07, 6.45) is 5.10. The molecule has 1 heterocycles. The van der Waals surface area contributed by atoms with Crippen LogP contribution in [-0.4, -0.2) is 28.3 Å². The lowest BCUT2D eigenvalue weighted by molar-refractivity contribution is 0.145. The second-order valence-electron chi connectivity index (χ2n) is 6.21. The number of aromatic nitrogens is 1. The van der Waals surface area contributed by atoms with Gasteiger partial charge >= 0.3 is 0 Å². The van der Waals surface area contributed by atoms with Crippen molar-refractivity contribution in [3.05, 3.63) is 29.6 Å². The van der Waals surface area contributed by atoms with Crippen LogP contribution in [0.15, 0.2) is 18.2 Å². The number of rotatable bonds is 10. The van der Waals surface area contributed by atoms with Crippen molar-refractivity contribution in [3.8, 4) is 0 Å². The maximum Gasteiger partial charge on any atom is 0.0547 e. The maximum atomic E-state index is 4.66. The van der Waals surface area contributed by atoms with Crippen molar-refractivity contribution in [2.24, 2.45) is 5.41 Å².